The zero-order valence-electron chi connectivity index (χ0n) is 22.9. The number of allylic oxidation sites excluding steroid dienone is 2. The van der Waals surface area contributed by atoms with Crippen molar-refractivity contribution in [2.24, 2.45) is 0 Å². The fourth-order valence-corrected chi connectivity index (χ4v) is 6.00. The van der Waals surface area contributed by atoms with Gasteiger partial charge in [-0.2, -0.15) is 0 Å². The Hall–Kier alpha value is -4.90. The van der Waals surface area contributed by atoms with E-state index in [1.807, 2.05) is 36.4 Å². The van der Waals surface area contributed by atoms with Gasteiger partial charge in [-0.15, -0.1) is 0 Å². The topological polar surface area (TPSA) is 68.5 Å². The van der Waals surface area contributed by atoms with E-state index in [1.54, 1.807) is 24.3 Å². The van der Waals surface area contributed by atoms with Gasteiger partial charge in [0.05, 0.1) is 29.4 Å². The Balaban J connectivity index is 1.52. The summed E-state index contributed by atoms with van der Waals surface area (Å²) in [4.78, 5) is 24.0. The van der Waals surface area contributed by atoms with Gasteiger partial charge in [0.1, 0.15) is 0 Å². The van der Waals surface area contributed by atoms with Crippen LogP contribution in [0, 0.1) is 0 Å². The number of nitrogens with zero attached hydrogens (tertiary/aromatic N) is 1. The van der Waals surface area contributed by atoms with E-state index in [0.29, 0.717) is 18.0 Å². The number of esters is 1. The molecule has 1 atom stereocenters. The molecule has 0 saturated heterocycles. The summed E-state index contributed by atoms with van der Waals surface area (Å²) in [6.45, 7) is 0.519. The number of aromatic nitrogens is 1. The van der Waals surface area contributed by atoms with E-state index in [9.17, 15) is 14.7 Å². The van der Waals surface area contributed by atoms with Gasteiger partial charge < -0.3 is 14.4 Å². The van der Waals surface area contributed by atoms with Gasteiger partial charge in [-0.3, -0.25) is 0 Å². The monoisotopic (exact) mass is 541 g/mol. The second kappa shape index (κ2) is 11.3. The van der Waals surface area contributed by atoms with Gasteiger partial charge in [0.15, 0.2) is 0 Å². The molecule has 6 rings (SSSR count). The van der Waals surface area contributed by atoms with Gasteiger partial charge in [0.2, 0.25) is 0 Å². The molecule has 1 aliphatic rings. The van der Waals surface area contributed by atoms with Gasteiger partial charge in [0.25, 0.3) is 0 Å². The lowest BCUT2D eigenvalue weighted by Crippen LogP contribution is -2.06. The average Bonchev–Trinajstić information content (AvgIpc) is 3.35. The van der Waals surface area contributed by atoms with Crippen LogP contribution in [0.1, 0.15) is 62.6 Å². The van der Waals surface area contributed by atoms with Crippen molar-refractivity contribution in [2.75, 3.05) is 7.11 Å². The molecular formula is C36H31NO4. The highest BCUT2D eigenvalue weighted by Crippen LogP contribution is 2.44. The third-order valence-corrected chi connectivity index (χ3v) is 8.08. The Kier molecular flexibility index (Phi) is 7.26. The van der Waals surface area contributed by atoms with E-state index in [2.05, 4.69) is 53.1 Å². The average molecular weight is 542 g/mol. The van der Waals surface area contributed by atoms with Crippen molar-refractivity contribution in [3.63, 3.8) is 0 Å². The van der Waals surface area contributed by atoms with Gasteiger partial charge in [-0.25, -0.2) is 9.59 Å². The van der Waals surface area contributed by atoms with E-state index in [-0.39, 0.29) is 11.5 Å². The molecule has 1 aliphatic carbocycles. The summed E-state index contributed by atoms with van der Waals surface area (Å²) >= 11 is 0. The van der Waals surface area contributed by atoms with Crippen molar-refractivity contribution in [1.82, 2.24) is 4.57 Å². The Bertz CT molecular complexity index is 1750. The van der Waals surface area contributed by atoms with Gasteiger partial charge in [-0.05, 0) is 71.7 Å². The predicted octanol–water partition coefficient (Wildman–Crippen LogP) is 8.19. The molecule has 41 heavy (non-hydrogen) atoms. The van der Waals surface area contributed by atoms with Crippen LogP contribution in [0.15, 0.2) is 109 Å². The maximum absolute atomic E-state index is 12.0. The number of fused-ring (bicyclic) bond motifs is 1. The van der Waals surface area contributed by atoms with E-state index in [4.69, 9.17) is 4.74 Å². The molecule has 1 aromatic heterocycles. The molecule has 0 amide bonds. The maximum Gasteiger partial charge on any atom is 0.337 e. The van der Waals surface area contributed by atoms with Crippen molar-refractivity contribution < 1.29 is 19.4 Å². The Morgan fingerprint density at radius 3 is 2.20 bits per heavy atom. The second-order valence-electron chi connectivity index (χ2n) is 10.5. The van der Waals surface area contributed by atoms with E-state index in [1.165, 1.54) is 23.8 Å². The summed E-state index contributed by atoms with van der Waals surface area (Å²) < 4.78 is 7.09. The van der Waals surface area contributed by atoms with Crippen LogP contribution in [0.3, 0.4) is 0 Å². The minimum absolute atomic E-state index is 0.255. The second-order valence-corrected chi connectivity index (χ2v) is 10.5. The Morgan fingerprint density at radius 1 is 0.878 bits per heavy atom. The first-order valence-corrected chi connectivity index (χ1v) is 13.9. The molecule has 5 nitrogen and oxygen atoms in total. The van der Waals surface area contributed by atoms with Crippen molar-refractivity contribution in [1.29, 1.82) is 0 Å². The summed E-state index contributed by atoms with van der Waals surface area (Å²) in [5.74, 6) is -0.841. The lowest BCUT2D eigenvalue weighted by molar-refractivity contribution is 0.0599. The van der Waals surface area contributed by atoms with E-state index in [0.717, 1.165) is 47.0 Å². The van der Waals surface area contributed by atoms with Crippen LogP contribution in [0.25, 0.3) is 27.7 Å². The number of ether oxygens (including phenoxy) is 1. The quantitative estimate of drug-likeness (QED) is 0.211. The lowest BCUT2D eigenvalue weighted by atomic mass is 9.81. The molecule has 4 aromatic carbocycles. The number of benzene rings is 4. The smallest absolute Gasteiger partial charge is 0.337 e. The third-order valence-electron chi connectivity index (χ3n) is 8.08. The largest absolute Gasteiger partial charge is 0.478 e. The molecule has 0 bridgehead atoms. The first-order valence-electron chi connectivity index (χ1n) is 13.9. The molecule has 5 aromatic rings. The highest BCUT2D eigenvalue weighted by Gasteiger charge is 2.25. The number of carbonyl (C=O) groups is 2. The SMILES string of the molecule is COC(=O)c1ccc(Cn2c(-c3ccccc3)c(C3=CCC(c4ccccc4)CC3)c3ccc(C(=O)O)cc32)cc1. The zero-order valence-corrected chi connectivity index (χ0v) is 22.9. The van der Waals surface area contributed by atoms with Crippen LogP contribution in [0.4, 0.5) is 0 Å². The molecule has 0 aliphatic heterocycles. The number of carboxylic acids is 1. The Morgan fingerprint density at radius 2 is 1.56 bits per heavy atom. The number of hydrogen-bond donors (Lipinski definition) is 1. The molecule has 0 radical (unpaired) electrons. The molecular weight excluding hydrogens is 510 g/mol. The number of rotatable bonds is 7. The van der Waals surface area contributed by atoms with Crippen molar-refractivity contribution in [3.8, 4) is 11.3 Å². The molecule has 0 fully saturated rings. The molecule has 0 saturated carbocycles. The minimum Gasteiger partial charge on any atom is -0.478 e. The molecule has 1 N–H and O–H groups in total. The van der Waals surface area contributed by atoms with Gasteiger partial charge in [0, 0.05) is 17.5 Å². The van der Waals surface area contributed by atoms with Crippen LogP contribution < -0.4 is 0 Å². The van der Waals surface area contributed by atoms with Crippen LogP contribution in [0.2, 0.25) is 0 Å². The first-order chi connectivity index (χ1) is 20.0. The summed E-state index contributed by atoms with van der Waals surface area (Å²) in [5, 5.41) is 10.9. The maximum atomic E-state index is 12.0. The fraction of sp³-hybridized carbons (Fsp3) is 0.167. The highest BCUT2D eigenvalue weighted by molar-refractivity contribution is 6.03. The molecule has 1 unspecified atom stereocenters. The lowest BCUT2D eigenvalue weighted by Gasteiger charge is -2.23. The van der Waals surface area contributed by atoms with Crippen LogP contribution >= 0.6 is 0 Å². The normalized spacial score (nSPS) is 15.0. The summed E-state index contributed by atoms with van der Waals surface area (Å²) in [6, 6.07) is 33.8. The van der Waals surface area contributed by atoms with Gasteiger partial charge in [-0.1, -0.05) is 84.9 Å². The van der Waals surface area contributed by atoms with Crippen LogP contribution in [0.5, 0.6) is 0 Å². The van der Waals surface area contributed by atoms with Crippen molar-refractivity contribution >= 4 is 28.4 Å². The number of carbonyl (C=O) groups excluding carboxylic acids is 1. The number of aromatic carboxylic acids is 1. The molecule has 0 spiro atoms. The highest BCUT2D eigenvalue weighted by atomic mass is 16.5. The molecule has 1 heterocycles. The summed E-state index contributed by atoms with van der Waals surface area (Å²) in [6.07, 6.45) is 5.33. The number of hydrogen-bond acceptors (Lipinski definition) is 3. The number of methoxy groups -OCH3 is 1. The summed E-state index contributed by atoms with van der Waals surface area (Å²) in [5.41, 5.74) is 8.61. The zero-order chi connectivity index (χ0) is 28.3. The van der Waals surface area contributed by atoms with Crippen LogP contribution in [-0.2, 0) is 11.3 Å². The predicted molar refractivity (Wildman–Crippen MR) is 162 cm³/mol. The summed E-state index contributed by atoms with van der Waals surface area (Å²) in [7, 11) is 1.37. The Labute approximate surface area is 239 Å². The van der Waals surface area contributed by atoms with Crippen molar-refractivity contribution in [2.45, 2.75) is 31.7 Å². The molecule has 204 valence electrons. The van der Waals surface area contributed by atoms with Crippen molar-refractivity contribution in [3.05, 3.63) is 137 Å². The van der Waals surface area contributed by atoms with E-state index >= 15 is 0 Å². The third kappa shape index (κ3) is 5.19. The fourth-order valence-electron chi connectivity index (χ4n) is 6.00. The standard InChI is InChI=1S/C36H31NO4/c1-41-36(40)29-14-12-24(13-15-29)23-37-32-22-30(35(38)39)20-21-31(32)33(34(37)28-10-6-3-7-11-28)27-18-16-26(17-19-27)25-8-4-2-5-9-25/h2-15,18,20-22,26H,16-17,19,23H2,1H3,(H,38,39). The molecule has 5 heteroatoms. The van der Waals surface area contributed by atoms with Crippen LogP contribution in [-0.4, -0.2) is 28.7 Å². The first kappa shape index (κ1) is 26.3. The van der Waals surface area contributed by atoms with E-state index < -0.39 is 5.97 Å². The number of carboxylic acid groups (broad SMARTS) is 1. The minimum atomic E-state index is -0.951. The van der Waals surface area contributed by atoms with Gasteiger partial charge >= 0.3 is 11.9 Å².